The maximum Gasteiger partial charge on any atom is 0.339 e. The molecule has 1 aromatic heterocycles. The molecule has 0 fully saturated rings. The smallest absolute Gasteiger partial charge is 0.339 e. The molecule has 0 saturated heterocycles. The van der Waals surface area contributed by atoms with Gasteiger partial charge in [0.15, 0.2) is 5.11 Å². The van der Waals surface area contributed by atoms with Crippen molar-refractivity contribution in [3.05, 3.63) is 47.2 Å². The Morgan fingerprint density at radius 1 is 1.50 bits per heavy atom. The predicted octanol–water partition coefficient (Wildman–Crippen LogP) is 2.76. The zero-order valence-corrected chi connectivity index (χ0v) is 14.8. The van der Waals surface area contributed by atoms with Crippen LogP contribution in [0.1, 0.15) is 28.5 Å². The van der Waals surface area contributed by atoms with Gasteiger partial charge in [0.05, 0.1) is 18.2 Å². The van der Waals surface area contributed by atoms with Crippen molar-refractivity contribution < 1.29 is 9.53 Å². The number of rotatable bonds is 3. The van der Waals surface area contributed by atoms with Crippen LogP contribution in [-0.4, -0.2) is 41.2 Å². The first-order valence-corrected chi connectivity index (χ1v) is 8.30. The first-order chi connectivity index (χ1) is 11.5. The van der Waals surface area contributed by atoms with Crippen LogP contribution >= 0.6 is 12.2 Å². The summed E-state index contributed by atoms with van der Waals surface area (Å²) in [6, 6.07) is 5.71. The van der Waals surface area contributed by atoms with E-state index in [0.29, 0.717) is 12.1 Å². The van der Waals surface area contributed by atoms with Crippen LogP contribution in [0.25, 0.3) is 10.9 Å². The number of hydrogen-bond donors (Lipinski definition) is 2. The normalized spacial score (nSPS) is 13.5. The molecule has 0 spiro atoms. The van der Waals surface area contributed by atoms with E-state index in [2.05, 4.69) is 21.8 Å². The molecule has 0 radical (unpaired) electrons. The number of esters is 1. The lowest BCUT2D eigenvalue weighted by Gasteiger charge is -2.29. The van der Waals surface area contributed by atoms with Crippen LogP contribution in [0.2, 0.25) is 0 Å². The Hall–Kier alpha value is -2.34. The van der Waals surface area contributed by atoms with Gasteiger partial charge < -0.3 is 19.9 Å². The lowest BCUT2D eigenvalue weighted by Crippen LogP contribution is -2.42. The molecule has 2 N–H and O–H groups in total. The SMILES string of the molecule is C=C(C)CNC(=S)N1CCc2[nH]c3c(C(=O)OC)cccc3c2C1. The van der Waals surface area contributed by atoms with Crippen molar-refractivity contribution >= 4 is 34.2 Å². The molecule has 0 saturated carbocycles. The van der Waals surface area contributed by atoms with Gasteiger partial charge >= 0.3 is 5.97 Å². The van der Waals surface area contributed by atoms with Gasteiger partial charge in [-0.2, -0.15) is 0 Å². The largest absolute Gasteiger partial charge is 0.465 e. The number of benzene rings is 1. The van der Waals surface area contributed by atoms with Gasteiger partial charge in [-0.1, -0.05) is 24.3 Å². The Balaban J connectivity index is 1.90. The number of carbonyl (C=O) groups excluding carboxylic acids is 1. The van der Waals surface area contributed by atoms with Crippen LogP contribution in [0.4, 0.5) is 0 Å². The van der Waals surface area contributed by atoms with Gasteiger partial charge in [-0.05, 0) is 25.2 Å². The van der Waals surface area contributed by atoms with E-state index in [9.17, 15) is 4.79 Å². The molecule has 126 valence electrons. The van der Waals surface area contributed by atoms with E-state index in [0.717, 1.165) is 41.1 Å². The van der Waals surface area contributed by atoms with Crippen molar-refractivity contribution in [3.63, 3.8) is 0 Å². The molecule has 0 aliphatic carbocycles. The van der Waals surface area contributed by atoms with Gasteiger partial charge in [-0.3, -0.25) is 0 Å². The first-order valence-electron chi connectivity index (χ1n) is 7.89. The van der Waals surface area contributed by atoms with Crippen molar-refractivity contribution in [2.45, 2.75) is 19.9 Å². The average Bonchev–Trinajstić information content (AvgIpc) is 2.96. The Morgan fingerprint density at radius 2 is 2.29 bits per heavy atom. The number of carbonyl (C=O) groups is 1. The summed E-state index contributed by atoms with van der Waals surface area (Å²) in [6.07, 6.45) is 0.861. The van der Waals surface area contributed by atoms with Crippen LogP contribution < -0.4 is 5.32 Å². The summed E-state index contributed by atoms with van der Waals surface area (Å²) in [5.74, 6) is -0.324. The molecule has 1 aliphatic rings. The number of thiocarbonyl (C=S) groups is 1. The highest BCUT2D eigenvalue weighted by molar-refractivity contribution is 7.80. The lowest BCUT2D eigenvalue weighted by atomic mass is 10.0. The highest BCUT2D eigenvalue weighted by atomic mass is 32.1. The predicted molar refractivity (Wildman–Crippen MR) is 99.2 cm³/mol. The van der Waals surface area contributed by atoms with Crippen molar-refractivity contribution in [1.82, 2.24) is 15.2 Å². The Labute approximate surface area is 146 Å². The minimum atomic E-state index is -0.324. The number of ether oxygens (including phenoxy) is 1. The number of methoxy groups -OCH3 is 1. The summed E-state index contributed by atoms with van der Waals surface area (Å²) in [5.41, 5.74) is 4.82. The second kappa shape index (κ2) is 6.65. The van der Waals surface area contributed by atoms with Gasteiger partial charge in [0.1, 0.15) is 0 Å². The number of fused-ring (bicyclic) bond motifs is 3. The van der Waals surface area contributed by atoms with Crippen LogP contribution in [0.3, 0.4) is 0 Å². The van der Waals surface area contributed by atoms with E-state index >= 15 is 0 Å². The molecule has 1 aliphatic heterocycles. The van der Waals surface area contributed by atoms with Crippen LogP contribution in [-0.2, 0) is 17.7 Å². The third kappa shape index (κ3) is 3.01. The standard InChI is InChI=1S/C18H21N3O2S/c1-11(2)9-19-18(24)21-8-7-15-14(10-21)12-5-4-6-13(16(12)20-15)17(22)23-3/h4-6,20H,1,7-10H2,2-3H3,(H,19,24). The minimum absolute atomic E-state index is 0.324. The second-order valence-electron chi connectivity index (χ2n) is 6.09. The molecule has 1 aromatic carbocycles. The molecule has 0 bridgehead atoms. The van der Waals surface area contributed by atoms with E-state index in [4.69, 9.17) is 17.0 Å². The fourth-order valence-electron chi connectivity index (χ4n) is 3.03. The van der Waals surface area contributed by atoms with Crippen LogP contribution in [0, 0.1) is 0 Å². The second-order valence-corrected chi connectivity index (χ2v) is 6.48. The molecule has 3 rings (SSSR count). The molecule has 2 aromatic rings. The number of hydrogen-bond acceptors (Lipinski definition) is 3. The van der Waals surface area contributed by atoms with E-state index in [1.54, 1.807) is 6.07 Å². The Bertz CT molecular complexity index is 825. The molecule has 5 nitrogen and oxygen atoms in total. The van der Waals surface area contributed by atoms with E-state index < -0.39 is 0 Å². The van der Waals surface area contributed by atoms with Gasteiger partial charge in [0.2, 0.25) is 0 Å². The van der Waals surface area contributed by atoms with Crippen molar-refractivity contribution in [2.24, 2.45) is 0 Å². The number of aromatic nitrogens is 1. The van der Waals surface area contributed by atoms with E-state index in [-0.39, 0.29) is 5.97 Å². The third-order valence-corrected chi connectivity index (χ3v) is 4.65. The molecule has 24 heavy (non-hydrogen) atoms. The van der Waals surface area contributed by atoms with Gasteiger partial charge in [-0.15, -0.1) is 0 Å². The van der Waals surface area contributed by atoms with E-state index in [1.807, 2.05) is 19.1 Å². The monoisotopic (exact) mass is 343 g/mol. The van der Waals surface area contributed by atoms with Gasteiger partial charge in [0, 0.05) is 42.7 Å². The zero-order valence-electron chi connectivity index (χ0n) is 13.9. The van der Waals surface area contributed by atoms with Crippen LogP contribution in [0.5, 0.6) is 0 Å². The average molecular weight is 343 g/mol. The Morgan fingerprint density at radius 3 is 3.00 bits per heavy atom. The third-order valence-electron chi connectivity index (χ3n) is 4.24. The molecule has 0 atom stereocenters. The molecule has 2 heterocycles. The highest BCUT2D eigenvalue weighted by Crippen LogP contribution is 2.30. The summed E-state index contributed by atoms with van der Waals surface area (Å²) >= 11 is 5.49. The highest BCUT2D eigenvalue weighted by Gasteiger charge is 2.24. The van der Waals surface area contributed by atoms with E-state index in [1.165, 1.54) is 18.4 Å². The number of aromatic amines is 1. The zero-order chi connectivity index (χ0) is 17.3. The summed E-state index contributed by atoms with van der Waals surface area (Å²) in [6.45, 7) is 8.11. The quantitative estimate of drug-likeness (QED) is 0.510. The summed E-state index contributed by atoms with van der Waals surface area (Å²) in [5, 5.41) is 5.03. The van der Waals surface area contributed by atoms with Gasteiger partial charge in [-0.25, -0.2) is 4.79 Å². The number of H-pyrrole nitrogens is 1. The number of nitrogens with zero attached hydrogens (tertiary/aromatic N) is 1. The number of nitrogens with one attached hydrogen (secondary N) is 2. The first kappa shape index (κ1) is 16.5. The fourth-order valence-corrected chi connectivity index (χ4v) is 3.26. The van der Waals surface area contributed by atoms with Crippen molar-refractivity contribution in [3.8, 4) is 0 Å². The maximum atomic E-state index is 12.0. The molecule has 0 amide bonds. The summed E-state index contributed by atoms with van der Waals surface area (Å²) in [4.78, 5) is 17.5. The molecular weight excluding hydrogens is 322 g/mol. The van der Waals surface area contributed by atoms with Crippen LogP contribution in [0.15, 0.2) is 30.4 Å². The molecule has 6 heteroatoms. The van der Waals surface area contributed by atoms with Gasteiger partial charge in [0.25, 0.3) is 0 Å². The topological polar surface area (TPSA) is 57.4 Å². The Kier molecular flexibility index (Phi) is 4.57. The lowest BCUT2D eigenvalue weighted by molar-refractivity contribution is 0.0603. The maximum absolute atomic E-state index is 12.0. The summed E-state index contributed by atoms with van der Waals surface area (Å²) < 4.78 is 4.88. The summed E-state index contributed by atoms with van der Waals surface area (Å²) in [7, 11) is 1.40. The number of para-hydroxylation sites is 1. The molecule has 0 unspecified atom stereocenters. The molecular formula is C18H21N3O2S. The fraction of sp³-hybridized carbons (Fsp3) is 0.333. The minimum Gasteiger partial charge on any atom is -0.465 e. The van der Waals surface area contributed by atoms with Crippen molar-refractivity contribution in [2.75, 3.05) is 20.2 Å². The van der Waals surface area contributed by atoms with Crippen molar-refractivity contribution in [1.29, 1.82) is 0 Å².